The first-order valence-corrected chi connectivity index (χ1v) is 11.0. The van der Waals surface area contributed by atoms with Gasteiger partial charge in [0.2, 0.25) is 0 Å². The number of carbonyl (C=O) groups is 1. The van der Waals surface area contributed by atoms with Crippen LogP contribution in [0.25, 0.3) is 0 Å². The standard InChI is InChI=1S/C21H31NO4S/c1-2-21-13-18(24)15(9-10-17(23)14-6-3-4-7-14)16(21)12-19(22-21)27-11-5-8-20(25)26/h2,9-10,14-18,23-24H,1,3-8,11-13H2,(H,25,26)/b10-9+. The fourth-order valence-electron chi connectivity index (χ4n) is 4.88. The summed E-state index contributed by atoms with van der Waals surface area (Å²) in [6.45, 7) is 3.98. The van der Waals surface area contributed by atoms with Gasteiger partial charge in [-0.2, -0.15) is 0 Å². The number of rotatable bonds is 8. The van der Waals surface area contributed by atoms with E-state index in [1.807, 2.05) is 18.2 Å². The number of hydrogen-bond donors (Lipinski definition) is 3. The van der Waals surface area contributed by atoms with Crippen molar-refractivity contribution in [2.45, 2.75) is 69.1 Å². The Labute approximate surface area is 165 Å². The van der Waals surface area contributed by atoms with Gasteiger partial charge in [0.25, 0.3) is 0 Å². The van der Waals surface area contributed by atoms with Gasteiger partial charge in [-0.3, -0.25) is 9.79 Å². The molecule has 5 nitrogen and oxygen atoms in total. The highest BCUT2D eigenvalue weighted by Gasteiger charge is 2.54. The Morgan fingerprint density at radius 2 is 2.15 bits per heavy atom. The molecule has 0 aromatic rings. The third-order valence-corrected chi connectivity index (χ3v) is 7.47. The number of aliphatic hydroxyl groups is 2. The number of carboxylic acids is 1. The van der Waals surface area contributed by atoms with Gasteiger partial charge < -0.3 is 15.3 Å². The van der Waals surface area contributed by atoms with Crippen molar-refractivity contribution in [3.63, 3.8) is 0 Å². The van der Waals surface area contributed by atoms with E-state index in [1.165, 1.54) is 12.8 Å². The highest BCUT2D eigenvalue weighted by Crippen LogP contribution is 2.51. The number of aliphatic hydroxyl groups excluding tert-OH is 2. The first-order valence-electron chi connectivity index (χ1n) is 10.1. The first kappa shape index (κ1) is 20.6. The minimum atomic E-state index is -0.766. The zero-order valence-corrected chi connectivity index (χ0v) is 16.6. The molecule has 0 aromatic carbocycles. The second-order valence-electron chi connectivity index (χ2n) is 8.13. The molecule has 3 aliphatic rings. The molecule has 0 saturated heterocycles. The van der Waals surface area contributed by atoms with Crippen molar-refractivity contribution < 1.29 is 20.1 Å². The summed E-state index contributed by atoms with van der Waals surface area (Å²) in [6.07, 6.45) is 11.6. The summed E-state index contributed by atoms with van der Waals surface area (Å²) in [5.74, 6) is 0.467. The minimum Gasteiger partial charge on any atom is -0.481 e. The van der Waals surface area contributed by atoms with E-state index >= 15 is 0 Å². The van der Waals surface area contributed by atoms with E-state index in [2.05, 4.69) is 6.58 Å². The van der Waals surface area contributed by atoms with E-state index < -0.39 is 23.7 Å². The van der Waals surface area contributed by atoms with Gasteiger partial charge in [-0.15, -0.1) is 18.3 Å². The van der Waals surface area contributed by atoms with Crippen LogP contribution in [0.2, 0.25) is 0 Å². The molecular formula is C21H31NO4S. The number of aliphatic imine (C=N–C) groups is 1. The van der Waals surface area contributed by atoms with Crippen LogP contribution in [0.15, 0.2) is 29.8 Å². The topological polar surface area (TPSA) is 90.1 Å². The zero-order chi connectivity index (χ0) is 19.4. The van der Waals surface area contributed by atoms with Gasteiger partial charge in [0.15, 0.2) is 0 Å². The molecule has 0 amide bonds. The second kappa shape index (κ2) is 8.93. The van der Waals surface area contributed by atoms with Crippen molar-refractivity contribution in [2.75, 3.05) is 5.75 Å². The van der Waals surface area contributed by atoms with Crippen LogP contribution in [0, 0.1) is 17.8 Å². The maximum atomic E-state index is 10.6. The Bertz CT molecular complexity index is 613. The van der Waals surface area contributed by atoms with Crippen LogP contribution in [0.4, 0.5) is 0 Å². The van der Waals surface area contributed by atoms with Gasteiger partial charge in [0.1, 0.15) is 0 Å². The molecule has 150 valence electrons. The van der Waals surface area contributed by atoms with E-state index in [0.29, 0.717) is 18.8 Å². The summed E-state index contributed by atoms with van der Waals surface area (Å²) in [6, 6.07) is 0. The molecule has 0 bridgehead atoms. The van der Waals surface area contributed by atoms with Crippen LogP contribution in [-0.2, 0) is 4.79 Å². The van der Waals surface area contributed by atoms with Crippen molar-refractivity contribution in [3.8, 4) is 0 Å². The Balaban J connectivity index is 1.62. The molecule has 3 N–H and O–H groups in total. The second-order valence-corrected chi connectivity index (χ2v) is 9.29. The molecular weight excluding hydrogens is 362 g/mol. The third-order valence-electron chi connectivity index (χ3n) is 6.38. The van der Waals surface area contributed by atoms with Crippen molar-refractivity contribution >= 4 is 22.8 Å². The van der Waals surface area contributed by atoms with E-state index in [-0.39, 0.29) is 18.3 Å². The van der Waals surface area contributed by atoms with Gasteiger partial charge in [0.05, 0.1) is 22.8 Å². The van der Waals surface area contributed by atoms with Crippen LogP contribution < -0.4 is 0 Å². The molecule has 0 aromatic heterocycles. The van der Waals surface area contributed by atoms with Crippen molar-refractivity contribution in [1.29, 1.82) is 0 Å². The molecule has 1 heterocycles. The van der Waals surface area contributed by atoms with E-state index in [9.17, 15) is 15.0 Å². The first-order chi connectivity index (χ1) is 12.9. The maximum Gasteiger partial charge on any atom is 0.303 e. The van der Waals surface area contributed by atoms with Crippen molar-refractivity contribution in [3.05, 3.63) is 24.8 Å². The lowest BCUT2D eigenvalue weighted by Crippen LogP contribution is -2.26. The van der Waals surface area contributed by atoms with Crippen molar-refractivity contribution in [1.82, 2.24) is 0 Å². The molecule has 2 fully saturated rings. The molecule has 27 heavy (non-hydrogen) atoms. The normalized spacial score (nSPS) is 34.7. The summed E-state index contributed by atoms with van der Waals surface area (Å²) in [5, 5.41) is 30.8. The molecule has 0 radical (unpaired) electrons. The SMILES string of the molecule is C=CC12CC(O)C(/C=C/C(O)C3CCCC3)C1CC(SCCCC(=O)O)=N2. The molecule has 2 aliphatic carbocycles. The zero-order valence-electron chi connectivity index (χ0n) is 15.8. The van der Waals surface area contributed by atoms with Gasteiger partial charge in [-0.05, 0) is 30.9 Å². The van der Waals surface area contributed by atoms with E-state index in [0.717, 1.165) is 30.1 Å². The summed E-state index contributed by atoms with van der Waals surface area (Å²) in [7, 11) is 0. The minimum absolute atomic E-state index is 0.0278. The highest BCUT2D eigenvalue weighted by atomic mass is 32.2. The quantitative estimate of drug-likeness (QED) is 0.434. The number of thioether (sulfide) groups is 1. The summed E-state index contributed by atoms with van der Waals surface area (Å²) < 4.78 is 0. The largest absolute Gasteiger partial charge is 0.481 e. The summed E-state index contributed by atoms with van der Waals surface area (Å²) in [5.41, 5.74) is -0.429. The number of hydrogen-bond acceptors (Lipinski definition) is 5. The summed E-state index contributed by atoms with van der Waals surface area (Å²) in [4.78, 5) is 15.5. The van der Waals surface area contributed by atoms with Crippen LogP contribution in [0.5, 0.6) is 0 Å². The fourth-order valence-corrected chi connectivity index (χ4v) is 5.93. The summed E-state index contributed by atoms with van der Waals surface area (Å²) >= 11 is 1.63. The van der Waals surface area contributed by atoms with Gasteiger partial charge in [0, 0.05) is 31.1 Å². The fraction of sp³-hybridized carbons (Fsp3) is 0.714. The number of carboxylic acid groups (broad SMARTS) is 1. The van der Waals surface area contributed by atoms with Crippen LogP contribution >= 0.6 is 11.8 Å². The lowest BCUT2D eigenvalue weighted by atomic mass is 9.83. The van der Waals surface area contributed by atoms with Crippen molar-refractivity contribution in [2.24, 2.45) is 22.7 Å². The molecule has 0 spiro atoms. The molecule has 2 saturated carbocycles. The Morgan fingerprint density at radius 3 is 2.81 bits per heavy atom. The number of aliphatic carboxylic acids is 1. The molecule has 6 heteroatoms. The van der Waals surface area contributed by atoms with E-state index in [4.69, 9.17) is 10.1 Å². The number of fused-ring (bicyclic) bond motifs is 1. The predicted octanol–water partition coefficient (Wildman–Crippen LogP) is 3.42. The molecule has 1 aliphatic heterocycles. The molecule has 5 atom stereocenters. The van der Waals surface area contributed by atoms with Gasteiger partial charge in [-0.1, -0.05) is 31.1 Å². The average molecular weight is 394 g/mol. The maximum absolute atomic E-state index is 10.6. The Morgan fingerprint density at radius 1 is 1.41 bits per heavy atom. The Kier molecular flexibility index (Phi) is 6.82. The van der Waals surface area contributed by atoms with Gasteiger partial charge in [-0.25, -0.2) is 0 Å². The predicted molar refractivity (Wildman–Crippen MR) is 109 cm³/mol. The Hall–Kier alpha value is -1.11. The van der Waals surface area contributed by atoms with Gasteiger partial charge >= 0.3 is 5.97 Å². The smallest absolute Gasteiger partial charge is 0.303 e. The molecule has 5 unspecified atom stereocenters. The van der Waals surface area contributed by atoms with Crippen LogP contribution in [0.3, 0.4) is 0 Å². The molecule has 3 rings (SSSR count). The number of nitrogens with zero attached hydrogens (tertiary/aromatic N) is 1. The third kappa shape index (κ3) is 4.66. The lowest BCUT2D eigenvalue weighted by molar-refractivity contribution is -0.137. The lowest BCUT2D eigenvalue weighted by Gasteiger charge is -2.24. The van der Waals surface area contributed by atoms with Crippen LogP contribution in [0.1, 0.15) is 51.4 Å². The van der Waals surface area contributed by atoms with E-state index in [1.54, 1.807) is 11.8 Å². The van der Waals surface area contributed by atoms with Crippen LogP contribution in [-0.4, -0.2) is 49.8 Å². The average Bonchev–Trinajstić information content (AvgIpc) is 3.32. The highest BCUT2D eigenvalue weighted by molar-refractivity contribution is 8.13. The monoisotopic (exact) mass is 393 g/mol.